The summed E-state index contributed by atoms with van der Waals surface area (Å²) >= 11 is 0. The van der Waals surface area contributed by atoms with E-state index >= 15 is 0 Å². The minimum Gasteiger partial charge on any atom is -0.495 e. The average molecular weight is 282 g/mol. The number of carbonyl (C=O) groups excluding carboxylic acids is 1. The monoisotopic (exact) mass is 282 g/mol. The summed E-state index contributed by atoms with van der Waals surface area (Å²) in [7, 11) is 3.41. The highest BCUT2D eigenvalue weighted by atomic mass is 16.5. The Bertz CT molecular complexity index is 669. The van der Waals surface area contributed by atoms with Crippen molar-refractivity contribution in [3.05, 3.63) is 54.1 Å². The van der Waals surface area contributed by atoms with Gasteiger partial charge in [0.05, 0.1) is 18.7 Å². The minimum absolute atomic E-state index is 0.0666. The minimum atomic E-state index is -0.156. The molecule has 0 radical (unpaired) electrons. The molecule has 2 aromatic rings. The molecule has 3 rings (SSSR count). The number of fused-ring (bicyclic) bond motifs is 1. The molecule has 1 N–H and O–H groups in total. The van der Waals surface area contributed by atoms with E-state index in [1.807, 2.05) is 48.5 Å². The number of carbonyl (C=O) groups is 1. The number of ether oxygens (including phenoxy) is 1. The summed E-state index contributed by atoms with van der Waals surface area (Å²) in [5.41, 5.74) is 2.89. The van der Waals surface area contributed by atoms with Crippen LogP contribution in [0.1, 0.15) is 11.5 Å². The maximum Gasteiger partial charge on any atom is 0.236 e. The third kappa shape index (κ3) is 2.33. The zero-order valence-corrected chi connectivity index (χ0v) is 12.2. The molecule has 1 unspecified atom stereocenters. The molecule has 4 heteroatoms. The van der Waals surface area contributed by atoms with Crippen LogP contribution in [0.25, 0.3) is 0 Å². The number of nitrogens with zero attached hydrogens (tertiary/aromatic N) is 1. The fraction of sp³-hybridized carbons (Fsp3) is 0.235. The van der Waals surface area contributed by atoms with Crippen molar-refractivity contribution in [1.82, 2.24) is 0 Å². The SMILES string of the molecule is COc1ccccc1N(C)C(=O)C1CNc2ccccc21. The summed E-state index contributed by atoms with van der Waals surface area (Å²) in [6.45, 7) is 0.637. The van der Waals surface area contributed by atoms with Crippen LogP contribution in [-0.4, -0.2) is 26.6 Å². The third-order valence-corrected chi connectivity index (χ3v) is 3.91. The number of anilines is 2. The van der Waals surface area contributed by atoms with E-state index < -0.39 is 0 Å². The molecule has 1 amide bonds. The van der Waals surface area contributed by atoms with Crippen LogP contribution < -0.4 is 15.0 Å². The number of benzene rings is 2. The van der Waals surface area contributed by atoms with Crippen LogP contribution in [0.2, 0.25) is 0 Å². The van der Waals surface area contributed by atoms with Crippen LogP contribution in [0.4, 0.5) is 11.4 Å². The molecule has 0 spiro atoms. The third-order valence-electron chi connectivity index (χ3n) is 3.91. The molecule has 0 fully saturated rings. The molecule has 21 heavy (non-hydrogen) atoms. The number of hydrogen-bond acceptors (Lipinski definition) is 3. The Labute approximate surface area is 124 Å². The van der Waals surface area contributed by atoms with E-state index in [1.165, 1.54) is 0 Å². The highest BCUT2D eigenvalue weighted by Gasteiger charge is 2.31. The number of amides is 1. The maximum atomic E-state index is 12.8. The topological polar surface area (TPSA) is 41.6 Å². The molecule has 0 bridgehead atoms. The lowest BCUT2D eigenvalue weighted by Crippen LogP contribution is -2.32. The number of likely N-dealkylation sites (N-methyl/N-ethyl adjacent to an activating group) is 1. The van der Waals surface area contributed by atoms with Crippen LogP contribution in [0, 0.1) is 0 Å². The first kappa shape index (κ1) is 13.5. The predicted molar refractivity (Wildman–Crippen MR) is 84.1 cm³/mol. The maximum absolute atomic E-state index is 12.8. The first-order valence-corrected chi connectivity index (χ1v) is 6.95. The molecule has 2 aromatic carbocycles. The van der Waals surface area contributed by atoms with E-state index in [2.05, 4.69) is 5.32 Å². The van der Waals surface area contributed by atoms with Crippen molar-refractivity contribution in [2.75, 3.05) is 30.9 Å². The molecule has 108 valence electrons. The Hall–Kier alpha value is -2.49. The molecule has 1 heterocycles. The predicted octanol–water partition coefficient (Wildman–Crippen LogP) is 2.87. The van der Waals surface area contributed by atoms with Crippen LogP contribution in [0.3, 0.4) is 0 Å². The fourth-order valence-electron chi connectivity index (χ4n) is 2.76. The Morgan fingerprint density at radius 2 is 1.90 bits per heavy atom. The summed E-state index contributed by atoms with van der Waals surface area (Å²) in [5.74, 6) is 0.612. The second-order valence-corrected chi connectivity index (χ2v) is 5.09. The number of para-hydroxylation sites is 3. The van der Waals surface area contributed by atoms with Crippen molar-refractivity contribution in [3.63, 3.8) is 0 Å². The van der Waals surface area contributed by atoms with E-state index in [-0.39, 0.29) is 11.8 Å². The summed E-state index contributed by atoms with van der Waals surface area (Å²) in [4.78, 5) is 14.5. The zero-order chi connectivity index (χ0) is 14.8. The van der Waals surface area contributed by atoms with Crippen molar-refractivity contribution in [2.24, 2.45) is 0 Å². The van der Waals surface area contributed by atoms with Crippen LogP contribution in [0.5, 0.6) is 5.75 Å². The molecule has 1 atom stereocenters. The Morgan fingerprint density at radius 1 is 1.19 bits per heavy atom. The van der Waals surface area contributed by atoms with Gasteiger partial charge in [0.1, 0.15) is 5.75 Å². The smallest absolute Gasteiger partial charge is 0.236 e. The normalized spacial score (nSPS) is 16.0. The van der Waals surface area contributed by atoms with Gasteiger partial charge in [-0.3, -0.25) is 4.79 Å². The van der Waals surface area contributed by atoms with Gasteiger partial charge in [0, 0.05) is 19.3 Å². The second kappa shape index (κ2) is 5.48. The quantitative estimate of drug-likeness (QED) is 0.941. The van der Waals surface area contributed by atoms with Crippen LogP contribution in [-0.2, 0) is 4.79 Å². The lowest BCUT2D eigenvalue weighted by atomic mass is 10.00. The first-order valence-electron chi connectivity index (χ1n) is 6.95. The lowest BCUT2D eigenvalue weighted by molar-refractivity contribution is -0.119. The van der Waals surface area contributed by atoms with Crippen molar-refractivity contribution in [3.8, 4) is 5.75 Å². The molecule has 1 aliphatic rings. The molecule has 0 saturated carbocycles. The van der Waals surface area contributed by atoms with Gasteiger partial charge in [0.2, 0.25) is 5.91 Å². The molecule has 0 aliphatic carbocycles. The lowest BCUT2D eigenvalue weighted by Gasteiger charge is -2.23. The number of hydrogen-bond donors (Lipinski definition) is 1. The fourth-order valence-corrected chi connectivity index (χ4v) is 2.76. The largest absolute Gasteiger partial charge is 0.495 e. The first-order chi connectivity index (χ1) is 10.2. The van der Waals surface area contributed by atoms with Gasteiger partial charge in [-0.05, 0) is 23.8 Å². The van der Waals surface area contributed by atoms with E-state index in [0.29, 0.717) is 12.3 Å². The molecular weight excluding hydrogens is 264 g/mol. The van der Waals surface area contributed by atoms with Gasteiger partial charge in [-0.25, -0.2) is 0 Å². The highest BCUT2D eigenvalue weighted by molar-refractivity contribution is 6.00. The van der Waals surface area contributed by atoms with Gasteiger partial charge in [-0.15, -0.1) is 0 Å². The van der Waals surface area contributed by atoms with E-state index in [0.717, 1.165) is 16.9 Å². The van der Waals surface area contributed by atoms with Crippen molar-refractivity contribution >= 4 is 17.3 Å². The van der Waals surface area contributed by atoms with Gasteiger partial charge >= 0.3 is 0 Å². The van der Waals surface area contributed by atoms with Gasteiger partial charge < -0.3 is 15.0 Å². The van der Waals surface area contributed by atoms with E-state index in [9.17, 15) is 4.79 Å². The Balaban J connectivity index is 1.89. The van der Waals surface area contributed by atoms with Gasteiger partial charge in [0.15, 0.2) is 0 Å². The van der Waals surface area contributed by atoms with E-state index in [4.69, 9.17) is 4.74 Å². The van der Waals surface area contributed by atoms with Crippen molar-refractivity contribution < 1.29 is 9.53 Å². The summed E-state index contributed by atoms with van der Waals surface area (Å²) in [6.07, 6.45) is 0. The molecule has 1 aliphatic heterocycles. The summed E-state index contributed by atoms with van der Waals surface area (Å²) in [5, 5.41) is 3.29. The zero-order valence-electron chi connectivity index (χ0n) is 12.2. The molecule has 0 aromatic heterocycles. The van der Waals surface area contributed by atoms with E-state index in [1.54, 1.807) is 19.1 Å². The van der Waals surface area contributed by atoms with Gasteiger partial charge in [-0.2, -0.15) is 0 Å². The van der Waals surface area contributed by atoms with Crippen LogP contribution >= 0.6 is 0 Å². The van der Waals surface area contributed by atoms with Gasteiger partial charge in [-0.1, -0.05) is 30.3 Å². The van der Waals surface area contributed by atoms with Crippen molar-refractivity contribution in [1.29, 1.82) is 0 Å². The molecular formula is C17H18N2O2. The Morgan fingerprint density at radius 3 is 2.71 bits per heavy atom. The summed E-state index contributed by atoms with van der Waals surface area (Å²) < 4.78 is 5.34. The van der Waals surface area contributed by atoms with Gasteiger partial charge in [0.25, 0.3) is 0 Å². The molecule has 4 nitrogen and oxygen atoms in total. The highest BCUT2D eigenvalue weighted by Crippen LogP contribution is 2.35. The molecule has 0 saturated heterocycles. The Kier molecular flexibility index (Phi) is 3.52. The average Bonchev–Trinajstić information content (AvgIpc) is 2.97. The number of nitrogens with one attached hydrogen (secondary N) is 1. The number of methoxy groups -OCH3 is 1. The second-order valence-electron chi connectivity index (χ2n) is 5.09. The number of rotatable bonds is 3. The summed E-state index contributed by atoms with van der Waals surface area (Å²) in [6, 6.07) is 15.5. The van der Waals surface area contributed by atoms with Crippen molar-refractivity contribution in [2.45, 2.75) is 5.92 Å². The van der Waals surface area contributed by atoms with Crippen LogP contribution in [0.15, 0.2) is 48.5 Å². The standard InChI is InChI=1S/C17H18N2O2/c1-19(15-9-5-6-10-16(15)21-2)17(20)13-11-18-14-8-4-3-7-12(13)14/h3-10,13,18H,11H2,1-2H3.